The topological polar surface area (TPSA) is 12.0 Å². The Labute approximate surface area is 97.1 Å². The molecule has 16 heavy (non-hydrogen) atoms. The molecular formula is C14H18FN. The van der Waals surface area contributed by atoms with Gasteiger partial charge in [-0.05, 0) is 38.8 Å². The van der Waals surface area contributed by atoms with Gasteiger partial charge in [0.25, 0.3) is 0 Å². The van der Waals surface area contributed by atoms with Gasteiger partial charge >= 0.3 is 0 Å². The van der Waals surface area contributed by atoms with Gasteiger partial charge in [-0.2, -0.15) is 0 Å². The van der Waals surface area contributed by atoms with Crippen LogP contribution in [0.5, 0.6) is 0 Å². The fourth-order valence-corrected chi connectivity index (χ4v) is 1.70. The third-order valence-electron chi connectivity index (χ3n) is 2.45. The van der Waals surface area contributed by atoms with Crippen molar-refractivity contribution in [3.05, 3.63) is 35.6 Å². The lowest BCUT2D eigenvalue weighted by Crippen LogP contribution is -2.44. The molecule has 1 rings (SSSR count). The number of benzene rings is 1. The van der Waals surface area contributed by atoms with Crippen molar-refractivity contribution in [1.29, 1.82) is 0 Å². The molecule has 0 amide bonds. The Kier molecular flexibility index (Phi) is 4.09. The maximum atomic E-state index is 13.4. The minimum absolute atomic E-state index is 0.142. The van der Waals surface area contributed by atoms with Gasteiger partial charge in [0.2, 0.25) is 0 Å². The molecule has 0 aromatic heterocycles. The van der Waals surface area contributed by atoms with Gasteiger partial charge in [0.15, 0.2) is 0 Å². The quantitative estimate of drug-likeness (QED) is 0.768. The Morgan fingerprint density at radius 3 is 2.62 bits per heavy atom. The fourth-order valence-electron chi connectivity index (χ4n) is 1.70. The molecule has 0 spiro atoms. The first-order valence-corrected chi connectivity index (χ1v) is 5.43. The molecule has 0 fully saturated rings. The maximum absolute atomic E-state index is 13.4. The normalized spacial score (nSPS) is 13.2. The van der Waals surface area contributed by atoms with Gasteiger partial charge in [-0.1, -0.05) is 24.1 Å². The maximum Gasteiger partial charge on any atom is 0.126 e. The summed E-state index contributed by atoms with van der Waals surface area (Å²) >= 11 is 0. The monoisotopic (exact) mass is 219 g/mol. The molecule has 1 atom stereocenters. The summed E-state index contributed by atoms with van der Waals surface area (Å²) in [4.78, 5) is 0. The first-order chi connectivity index (χ1) is 7.44. The van der Waals surface area contributed by atoms with Crippen molar-refractivity contribution in [3.63, 3.8) is 0 Å². The van der Waals surface area contributed by atoms with Crippen molar-refractivity contribution < 1.29 is 4.39 Å². The van der Waals surface area contributed by atoms with Gasteiger partial charge < -0.3 is 0 Å². The van der Waals surface area contributed by atoms with Crippen molar-refractivity contribution in [2.24, 2.45) is 0 Å². The van der Waals surface area contributed by atoms with Crippen LogP contribution in [0.15, 0.2) is 24.3 Å². The van der Waals surface area contributed by atoms with Crippen LogP contribution in [0.1, 0.15) is 26.3 Å². The number of rotatable bonds is 4. The summed E-state index contributed by atoms with van der Waals surface area (Å²) in [6, 6.07) is 6.97. The summed E-state index contributed by atoms with van der Waals surface area (Å²) in [5.74, 6) is 2.51. The number of hydrogen-bond acceptors (Lipinski definition) is 1. The lowest BCUT2D eigenvalue weighted by molar-refractivity contribution is 0.416. The molecule has 1 aromatic rings. The van der Waals surface area contributed by atoms with Crippen LogP contribution in [0, 0.1) is 18.2 Å². The number of hydrogen-bond donors (Lipinski definition) is 1. The smallest absolute Gasteiger partial charge is 0.126 e. The van der Waals surface area contributed by atoms with Crippen molar-refractivity contribution >= 4 is 0 Å². The lowest BCUT2D eigenvalue weighted by Gasteiger charge is -2.25. The predicted molar refractivity (Wildman–Crippen MR) is 65.6 cm³/mol. The van der Waals surface area contributed by atoms with Crippen LogP contribution in [0.4, 0.5) is 4.39 Å². The Morgan fingerprint density at radius 1 is 1.44 bits per heavy atom. The van der Waals surface area contributed by atoms with E-state index in [0.29, 0.717) is 6.42 Å². The second-order valence-electron chi connectivity index (χ2n) is 4.61. The van der Waals surface area contributed by atoms with Crippen molar-refractivity contribution in [2.75, 3.05) is 0 Å². The Hall–Kier alpha value is -1.33. The average Bonchev–Trinajstić information content (AvgIpc) is 2.21. The number of halogens is 1. The molecule has 1 nitrogen and oxygen atoms in total. The van der Waals surface area contributed by atoms with E-state index in [1.54, 1.807) is 12.1 Å². The fraction of sp³-hybridized carbons (Fsp3) is 0.429. The van der Waals surface area contributed by atoms with Gasteiger partial charge in [0.05, 0.1) is 5.54 Å². The van der Waals surface area contributed by atoms with Gasteiger partial charge in [0, 0.05) is 6.04 Å². The highest BCUT2D eigenvalue weighted by Gasteiger charge is 2.17. The zero-order valence-corrected chi connectivity index (χ0v) is 10.0. The summed E-state index contributed by atoms with van der Waals surface area (Å²) in [7, 11) is 0. The molecule has 0 saturated carbocycles. The van der Waals surface area contributed by atoms with Gasteiger partial charge in [-0.25, -0.2) is 4.39 Å². The van der Waals surface area contributed by atoms with Crippen molar-refractivity contribution in [1.82, 2.24) is 5.32 Å². The van der Waals surface area contributed by atoms with E-state index >= 15 is 0 Å². The molecule has 1 unspecified atom stereocenters. The Balaban J connectivity index is 2.63. The SMILES string of the molecule is C#CC(C)(C)NC(C)Cc1ccccc1F. The van der Waals surface area contributed by atoms with Crippen molar-refractivity contribution in [3.8, 4) is 12.3 Å². The molecule has 0 bridgehead atoms. The average molecular weight is 219 g/mol. The molecule has 1 aromatic carbocycles. The van der Waals surface area contributed by atoms with E-state index in [4.69, 9.17) is 6.42 Å². The molecule has 0 heterocycles. The molecular weight excluding hydrogens is 201 g/mol. The standard InChI is InChI=1S/C14H18FN/c1-5-14(3,4)16-11(2)10-12-8-6-7-9-13(12)15/h1,6-9,11,16H,10H2,2-4H3. The summed E-state index contributed by atoms with van der Waals surface area (Å²) in [5.41, 5.74) is 0.361. The van der Waals surface area contributed by atoms with E-state index in [2.05, 4.69) is 11.2 Å². The van der Waals surface area contributed by atoms with E-state index in [1.807, 2.05) is 26.8 Å². The third-order valence-corrected chi connectivity index (χ3v) is 2.45. The number of terminal acetylenes is 1. The molecule has 0 aliphatic carbocycles. The summed E-state index contributed by atoms with van der Waals surface area (Å²) < 4.78 is 13.4. The third kappa shape index (κ3) is 3.67. The van der Waals surface area contributed by atoms with Crippen LogP contribution in [0.3, 0.4) is 0 Å². The molecule has 2 heteroatoms. The summed E-state index contributed by atoms with van der Waals surface area (Å²) in [5, 5.41) is 3.28. The highest BCUT2D eigenvalue weighted by Crippen LogP contribution is 2.11. The van der Waals surface area contributed by atoms with E-state index in [0.717, 1.165) is 5.56 Å². The predicted octanol–water partition coefficient (Wildman–Crippen LogP) is 2.76. The van der Waals surface area contributed by atoms with E-state index in [-0.39, 0.29) is 17.4 Å². The van der Waals surface area contributed by atoms with Gasteiger partial charge in [-0.3, -0.25) is 5.32 Å². The van der Waals surface area contributed by atoms with Crippen LogP contribution >= 0.6 is 0 Å². The van der Waals surface area contributed by atoms with E-state index in [9.17, 15) is 4.39 Å². The zero-order valence-electron chi connectivity index (χ0n) is 10.0. The van der Waals surface area contributed by atoms with E-state index in [1.165, 1.54) is 6.07 Å². The minimum Gasteiger partial charge on any atom is -0.299 e. The van der Waals surface area contributed by atoms with Crippen LogP contribution in [0.2, 0.25) is 0 Å². The van der Waals surface area contributed by atoms with E-state index < -0.39 is 0 Å². The molecule has 0 aliphatic rings. The molecule has 0 saturated heterocycles. The first kappa shape index (κ1) is 12.7. The van der Waals surface area contributed by atoms with Crippen LogP contribution in [0.25, 0.3) is 0 Å². The minimum atomic E-state index is -0.356. The highest BCUT2D eigenvalue weighted by atomic mass is 19.1. The largest absolute Gasteiger partial charge is 0.299 e. The lowest BCUT2D eigenvalue weighted by atomic mass is 10.0. The second-order valence-corrected chi connectivity index (χ2v) is 4.61. The van der Waals surface area contributed by atoms with Gasteiger partial charge in [0.1, 0.15) is 5.82 Å². The van der Waals surface area contributed by atoms with Gasteiger partial charge in [-0.15, -0.1) is 6.42 Å². The van der Waals surface area contributed by atoms with Crippen LogP contribution in [-0.2, 0) is 6.42 Å². The summed E-state index contributed by atoms with van der Waals surface area (Å²) in [6.07, 6.45) is 6.03. The van der Waals surface area contributed by atoms with Crippen molar-refractivity contribution in [2.45, 2.75) is 38.8 Å². The molecule has 0 aliphatic heterocycles. The Bertz CT molecular complexity index is 390. The van der Waals surface area contributed by atoms with Crippen LogP contribution < -0.4 is 5.32 Å². The second kappa shape index (κ2) is 5.14. The highest BCUT2D eigenvalue weighted by molar-refractivity contribution is 5.19. The molecule has 86 valence electrons. The zero-order chi connectivity index (χ0) is 12.2. The van der Waals surface area contributed by atoms with Crippen LogP contribution in [-0.4, -0.2) is 11.6 Å². The molecule has 1 N–H and O–H groups in total. The first-order valence-electron chi connectivity index (χ1n) is 5.43. The Morgan fingerprint density at radius 2 is 2.06 bits per heavy atom. The molecule has 0 radical (unpaired) electrons. The summed E-state index contributed by atoms with van der Waals surface area (Å²) in [6.45, 7) is 5.88. The number of nitrogens with one attached hydrogen (secondary N) is 1.